The minimum absolute atomic E-state index is 1.32. The molecule has 1 aromatic carbocycles. The van der Waals surface area contributed by atoms with Gasteiger partial charge in [-0.25, -0.2) is 0 Å². The fraction of sp³-hybridized carbons (Fsp3) is 0. The number of thiophene rings is 2. The van der Waals surface area contributed by atoms with Crippen LogP contribution in [0.4, 0.5) is 0 Å². The molecule has 3 aromatic rings. The Kier molecular flexibility index (Phi) is 3.68. The van der Waals surface area contributed by atoms with E-state index in [0.717, 1.165) is 0 Å². The number of hydrogen-bond donors (Lipinski definition) is 0. The Balaban J connectivity index is 2.16. The Labute approximate surface area is 157 Å². The van der Waals surface area contributed by atoms with Crippen LogP contribution in [-0.2, 0) is 11.8 Å². The fourth-order valence-corrected chi connectivity index (χ4v) is 14.5. The van der Waals surface area contributed by atoms with Gasteiger partial charge in [-0.1, -0.05) is 42.1 Å². The SMILES string of the molecule is S=P1(c2ccccc2)c2c(csc2I)-c2csc(I)c21. The normalized spacial score (nSPS) is 15.1. The first-order valence-electron chi connectivity index (χ1n) is 5.85. The molecule has 0 N–H and O–H groups in total. The molecule has 20 heavy (non-hydrogen) atoms. The predicted octanol–water partition coefficient (Wildman–Crippen LogP) is 4.76. The second-order valence-electron chi connectivity index (χ2n) is 4.49. The summed E-state index contributed by atoms with van der Waals surface area (Å²) in [7, 11) is 0. The first-order valence-corrected chi connectivity index (χ1v) is 12.6. The maximum absolute atomic E-state index is 6.34. The van der Waals surface area contributed by atoms with Gasteiger partial charge in [0.15, 0.2) is 0 Å². The molecule has 0 amide bonds. The highest BCUT2D eigenvalue weighted by molar-refractivity contribution is 14.1. The molecule has 0 aliphatic carbocycles. The molecule has 0 bridgehead atoms. The second-order valence-corrected chi connectivity index (χ2v) is 14.1. The zero-order valence-electron chi connectivity index (χ0n) is 9.97. The van der Waals surface area contributed by atoms with E-state index < -0.39 is 6.04 Å². The Morgan fingerprint density at radius 1 is 0.850 bits per heavy atom. The summed E-state index contributed by atoms with van der Waals surface area (Å²) < 4.78 is 2.73. The van der Waals surface area contributed by atoms with Crippen LogP contribution in [0.15, 0.2) is 41.1 Å². The maximum atomic E-state index is 6.34. The van der Waals surface area contributed by atoms with Gasteiger partial charge in [0.05, 0.1) is 5.77 Å². The van der Waals surface area contributed by atoms with Crippen molar-refractivity contribution in [1.82, 2.24) is 0 Å². The molecule has 3 heterocycles. The van der Waals surface area contributed by atoms with Crippen molar-refractivity contribution in [3.63, 3.8) is 0 Å². The minimum Gasteiger partial charge on any atom is -0.136 e. The third-order valence-corrected chi connectivity index (χ3v) is 13.7. The summed E-state index contributed by atoms with van der Waals surface area (Å²) >= 11 is 14.9. The first-order chi connectivity index (χ1) is 9.64. The van der Waals surface area contributed by atoms with E-state index in [4.69, 9.17) is 11.8 Å². The monoisotopic (exact) mass is 556 g/mol. The van der Waals surface area contributed by atoms with Crippen LogP contribution in [0.1, 0.15) is 0 Å². The molecule has 0 radical (unpaired) electrons. The predicted molar refractivity (Wildman–Crippen MR) is 113 cm³/mol. The van der Waals surface area contributed by atoms with E-state index in [2.05, 4.69) is 86.3 Å². The van der Waals surface area contributed by atoms with Crippen molar-refractivity contribution in [3.05, 3.63) is 46.9 Å². The van der Waals surface area contributed by atoms with Crippen molar-refractivity contribution in [2.75, 3.05) is 0 Å². The zero-order chi connectivity index (χ0) is 13.9. The van der Waals surface area contributed by atoms with Gasteiger partial charge in [-0.3, -0.25) is 0 Å². The molecule has 0 atom stereocenters. The van der Waals surface area contributed by atoms with E-state index in [0.29, 0.717) is 0 Å². The summed E-state index contributed by atoms with van der Waals surface area (Å²) in [5.74, 6) is 0. The van der Waals surface area contributed by atoms with Crippen LogP contribution in [0, 0.1) is 5.77 Å². The summed E-state index contributed by atoms with van der Waals surface area (Å²) in [4.78, 5) is 0. The first kappa shape index (κ1) is 14.3. The molecule has 0 saturated heterocycles. The molecular formula is C14H7I2PS3. The average molecular weight is 556 g/mol. The zero-order valence-corrected chi connectivity index (χ0v) is 17.6. The Hall–Kier alpha value is 0.730. The molecule has 0 spiro atoms. The van der Waals surface area contributed by atoms with E-state index in [-0.39, 0.29) is 0 Å². The molecule has 100 valence electrons. The smallest absolute Gasteiger partial charge is 0.0750 e. The van der Waals surface area contributed by atoms with Crippen molar-refractivity contribution in [2.45, 2.75) is 0 Å². The van der Waals surface area contributed by atoms with Gasteiger partial charge in [-0.05, 0) is 50.5 Å². The number of fused-ring (bicyclic) bond motifs is 3. The van der Waals surface area contributed by atoms with Crippen LogP contribution < -0.4 is 15.9 Å². The Morgan fingerprint density at radius 3 is 1.85 bits per heavy atom. The van der Waals surface area contributed by atoms with E-state index in [1.54, 1.807) is 0 Å². The van der Waals surface area contributed by atoms with Gasteiger partial charge >= 0.3 is 0 Å². The molecule has 0 saturated carbocycles. The van der Waals surface area contributed by atoms with Gasteiger partial charge in [-0.2, -0.15) is 0 Å². The van der Waals surface area contributed by atoms with Gasteiger partial charge in [0.1, 0.15) is 0 Å². The van der Waals surface area contributed by atoms with E-state index in [1.807, 2.05) is 22.7 Å². The van der Waals surface area contributed by atoms with Crippen molar-refractivity contribution >= 4 is 102 Å². The molecule has 0 nitrogen and oxygen atoms in total. The van der Waals surface area contributed by atoms with Gasteiger partial charge in [0.2, 0.25) is 0 Å². The molecule has 1 aliphatic heterocycles. The molecule has 1 aliphatic rings. The highest BCUT2D eigenvalue weighted by Crippen LogP contribution is 2.57. The molecule has 0 unspecified atom stereocenters. The third-order valence-electron chi connectivity index (χ3n) is 3.48. The number of benzene rings is 1. The molecule has 0 fully saturated rings. The van der Waals surface area contributed by atoms with Crippen molar-refractivity contribution in [2.24, 2.45) is 0 Å². The minimum atomic E-state index is -1.84. The lowest BCUT2D eigenvalue weighted by atomic mass is 10.2. The number of hydrogen-bond acceptors (Lipinski definition) is 3. The van der Waals surface area contributed by atoms with E-state index in [9.17, 15) is 0 Å². The van der Waals surface area contributed by atoms with Crippen molar-refractivity contribution in [1.29, 1.82) is 0 Å². The van der Waals surface area contributed by atoms with Gasteiger partial charge < -0.3 is 0 Å². The highest BCUT2D eigenvalue weighted by atomic mass is 127. The summed E-state index contributed by atoms with van der Waals surface area (Å²) in [6.45, 7) is 0. The molecule has 2 aromatic heterocycles. The topological polar surface area (TPSA) is 0 Å². The largest absolute Gasteiger partial charge is 0.136 e. The molecule has 6 heteroatoms. The van der Waals surface area contributed by atoms with Crippen LogP contribution in [0.2, 0.25) is 0 Å². The average Bonchev–Trinajstić information content (AvgIpc) is 3.09. The second kappa shape index (κ2) is 5.13. The van der Waals surface area contributed by atoms with Crippen molar-refractivity contribution in [3.8, 4) is 11.1 Å². The summed E-state index contributed by atoms with van der Waals surface area (Å²) in [5, 5.41) is 8.76. The number of halogens is 2. The van der Waals surface area contributed by atoms with Crippen LogP contribution in [-0.4, -0.2) is 0 Å². The van der Waals surface area contributed by atoms with Crippen molar-refractivity contribution < 1.29 is 0 Å². The Bertz CT molecular complexity index is 814. The summed E-state index contributed by atoms with van der Waals surface area (Å²) in [6, 6.07) is 8.87. The van der Waals surface area contributed by atoms with Crippen LogP contribution in [0.25, 0.3) is 11.1 Å². The Morgan fingerprint density at radius 2 is 1.35 bits per heavy atom. The van der Waals surface area contributed by atoms with E-state index >= 15 is 0 Å². The lowest BCUT2D eigenvalue weighted by Gasteiger charge is -2.19. The van der Waals surface area contributed by atoms with Crippen LogP contribution >= 0.6 is 73.9 Å². The highest BCUT2D eigenvalue weighted by Gasteiger charge is 2.41. The summed E-state index contributed by atoms with van der Waals surface area (Å²) in [6.07, 6.45) is 0. The maximum Gasteiger partial charge on any atom is 0.0750 e. The standard InChI is InChI=1S/C14H7I2PS3/c15-13-11-9(6-19-13)10-7-20-14(16)12(10)17(11,18)8-4-2-1-3-5-8/h1-7H. The van der Waals surface area contributed by atoms with Gasteiger partial charge in [0.25, 0.3) is 0 Å². The molecule has 4 rings (SSSR count). The van der Waals surface area contributed by atoms with Gasteiger partial charge in [0, 0.05) is 38.5 Å². The van der Waals surface area contributed by atoms with Gasteiger partial charge in [-0.15, -0.1) is 22.7 Å². The number of rotatable bonds is 1. The quantitative estimate of drug-likeness (QED) is 0.241. The van der Waals surface area contributed by atoms with Crippen LogP contribution in [0.3, 0.4) is 0 Å². The third kappa shape index (κ3) is 1.83. The lowest BCUT2D eigenvalue weighted by molar-refractivity contribution is 1.77. The fourth-order valence-electron chi connectivity index (χ4n) is 2.63. The van der Waals surface area contributed by atoms with E-state index in [1.165, 1.54) is 32.8 Å². The summed E-state index contributed by atoms with van der Waals surface area (Å²) in [5.41, 5.74) is 2.78. The molecular weight excluding hydrogens is 549 g/mol. The van der Waals surface area contributed by atoms with Crippen LogP contribution in [0.5, 0.6) is 0 Å². The lowest BCUT2D eigenvalue weighted by Crippen LogP contribution is -2.21.